The van der Waals surface area contributed by atoms with Crippen molar-refractivity contribution in [2.75, 3.05) is 26.1 Å². The molecule has 1 fully saturated rings. The summed E-state index contributed by atoms with van der Waals surface area (Å²) >= 11 is 0. The smallest absolute Gasteiger partial charge is 0.229 e. The number of methoxy groups -OCH3 is 2. The molecule has 1 aliphatic rings. The summed E-state index contributed by atoms with van der Waals surface area (Å²) in [5.41, 5.74) is 2.09. The van der Waals surface area contributed by atoms with Crippen molar-refractivity contribution in [3.05, 3.63) is 53.6 Å². The van der Waals surface area contributed by atoms with Crippen molar-refractivity contribution in [1.82, 2.24) is 4.90 Å². The number of benzene rings is 2. The van der Waals surface area contributed by atoms with E-state index in [4.69, 9.17) is 9.47 Å². The minimum atomic E-state index is -0.421. The molecule has 2 aromatic carbocycles. The number of rotatable bonds is 7. The molecule has 29 heavy (non-hydrogen) atoms. The maximum atomic E-state index is 12.6. The number of carbonyl (C=O) groups excluding carboxylic acids is 3. The Balaban J connectivity index is 1.62. The van der Waals surface area contributed by atoms with Gasteiger partial charge in [0.05, 0.1) is 20.1 Å². The number of nitrogens with one attached hydrogen (secondary N) is 1. The van der Waals surface area contributed by atoms with Gasteiger partial charge in [0, 0.05) is 30.8 Å². The van der Waals surface area contributed by atoms with E-state index < -0.39 is 5.92 Å². The molecule has 0 spiro atoms. The number of Topliss-reactive ketones (excluding diaryl/α,β-unsaturated/α-hetero) is 1. The molecule has 0 saturated carbocycles. The second kappa shape index (κ2) is 8.77. The van der Waals surface area contributed by atoms with E-state index in [1.807, 2.05) is 12.1 Å². The average Bonchev–Trinajstić information content (AvgIpc) is 3.08. The molecule has 7 heteroatoms. The van der Waals surface area contributed by atoms with Gasteiger partial charge in [0.25, 0.3) is 0 Å². The van der Waals surface area contributed by atoms with E-state index in [-0.39, 0.29) is 24.0 Å². The first kappa shape index (κ1) is 20.4. The molecule has 152 valence electrons. The van der Waals surface area contributed by atoms with Crippen molar-refractivity contribution in [3.63, 3.8) is 0 Å². The van der Waals surface area contributed by atoms with E-state index in [2.05, 4.69) is 5.32 Å². The topological polar surface area (TPSA) is 84.9 Å². The first-order chi connectivity index (χ1) is 13.9. The zero-order chi connectivity index (χ0) is 21.0. The minimum Gasteiger partial charge on any atom is -0.493 e. The lowest BCUT2D eigenvalue weighted by Gasteiger charge is -2.18. The molecule has 1 saturated heterocycles. The van der Waals surface area contributed by atoms with E-state index in [9.17, 15) is 14.4 Å². The fourth-order valence-electron chi connectivity index (χ4n) is 3.33. The van der Waals surface area contributed by atoms with Gasteiger partial charge in [-0.3, -0.25) is 14.4 Å². The molecule has 1 heterocycles. The van der Waals surface area contributed by atoms with Crippen LogP contribution in [0.2, 0.25) is 0 Å². The number of ether oxygens (including phenoxy) is 2. The van der Waals surface area contributed by atoms with Crippen LogP contribution in [0.1, 0.15) is 29.3 Å². The summed E-state index contributed by atoms with van der Waals surface area (Å²) in [5.74, 6) is 0.498. The van der Waals surface area contributed by atoms with Gasteiger partial charge in [0.1, 0.15) is 0 Å². The highest BCUT2D eigenvalue weighted by Gasteiger charge is 2.34. The first-order valence-electron chi connectivity index (χ1n) is 9.31. The Bertz CT molecular complexity index is 923. The van der Waals surface area contributed by atoms with Gasteiger partial charge < -0.3 is 19.7 Å². The van der Waals surface area contributed by atoms with Crippen molar-refractivity contribution in [1.29, 1.82) is 0 Å². The zero-order valence-corrected chi connectivity index (χ0v) is 16.7. The van der Waals surface area contributed by atoms with Gasteiger partial charge in [-0.05, 0) is 48.9 Å². The van der Waals surface area contributed by atoms with Crippen molar-refractivity contribution in [2.24, 2.45) is 5.92 Å². The summed E-state index contributed by atoms with van der Waals surface area (Å²) in [6, 6.07) is 12.2. The minimum absolute atomic E-state index is 0.0323. The molecule has 0 aliphatic carbocycles. The Hall–Kier alpha value is -3.35. The Morgan fingerprint density at radius 1 is 1.07 bits per heavy atom. The lowest BCUT2D eigenvalue weighted by atomic mass is 10.1. The van der Waals surface area contributed by atoms with Gasteiger partial charge in [0.2, 0.25) is 11.8 Å². The standard InChI is InChI=1S/C22H24N2O5/c1-14(25)16-5-7-18(8-6-16)23-22(27)17-11-21(26)24(13-17)12-15-4-9-19(28-2)20(10-15)29-3/h4-10,17H,11-13H2,1-3H3,(H,23,27). The van der Waals surface area contributed by atoms with Crippen LogP contribution in [0.25, 0.3) is 0 Å². The Labute approximate surface area is 169 Å². The Morgan fingerprint density at radius 2 is 1.76 bits per heavy atom. The number of ketones is 1. The highest BCUT2D eigenvalue weighted by Crippen LogP contribution is 2.29. The molecular weight excluding hydrogens is 372 g/mol. The van der Waals surface area contributed by atoms with Gasteiger partial charge in [-0.25, -0.2) is 0 Å². The maximum Gasteiger partial charge on any atom is 0.229 e. The van der Waals surface area contributed by atoms with Crippen LogP contribution >= 0.6 is 0 Å². The van der Waals surface area contributed by atoms with Crippen LogP contribution in [-0.2, 0) is 16.1 Å². The van der Waals surface area contributed by atoms with E-state index >= 15 is 0 Å². The third kappa shape index (κ3) is 4.74. The van der Waals surface area contributed by atoms with E-state index in [1.165, 1.54) is 6.92 Å². The maximum absolute atomic E-state index is 12.6. The zero-order valence-electron chi connectivity index (χ0n) is 16.7. The predicted octanol–water partition coefficient (Wildman–Crippen LogP) is 2.89. The number of likely N-dealkylation sites (tertiary alicyclic amines) is 1. The predicted molar refractivity (Wildman–Crippen MR) is 108 cm³/mol. The first-order valence-corrected chi connectivity index (χ1v) is 9.31. The monoisotopic (exact) mass is 396 g/mol. The van der Waals surface area contributed by atoms with Crippen LogP contribution in [0, 0.1) is 5.92 Å². The quantitative estimate of drug-likeness (QED) is 0.728. The largest absolute Gasteiger partial charge is 0.493 e. The third-order valence-electron chi connectivity index (χ3n) is 4.97. The summed E-state index contributed by atoms with van der Waals surface area (Å²) in [7, 11) is 3.13. The third-order valence-corrected chi connectivity index (χ3v) is 4.97. The highest BCUT2D eigenvalue weighted by atomic mass is 16.5. The summed E-state index contributed by atoms with van der Waals surface area (Å²) in [5, 5.41) is 2.82. The molecule has 3 rings (SSSR count). The van der Waals surface area contributed by atoms with Crippen LogP contribution < -0.4 is 14.8 Å². The number of hydrogen-bond acceptors (Lipinski definition) is 5. The van der Waals surface area contributed by atoms with Crippen LogP contribution in [-0.4, -0.2) is 43.3 Å². The molecule has 0 radical (unpaired) electrons. The number of nitrogens with zero attached hydrogens (tertiary/aromatic N) is 1. The molecule has 0 aromatic heterocycles. The molecule has 2 amide bonds. The Morgan fingerprint density at radius 3 is 2.38 bits per heavy atom. The molecule has 0 bridgehead atoms. The molecular formula is C22H24N2O5. The number of amides is 2. The summed E-state index contributed by atoms with van der Waals surface area (Å²) in [4.78, 5) is 38.0. The second-order valence-corrected chi connectivity index (χ2v) is 6.99. The molecule has 7 nitrogen and oxygen atoms in total. The number of hydrogen-bond donors (Lipinski definition) is 1. The van der Waals surface area contributed by atoms with Gasteiger partial charge in [-0.15, -0.1) is 0 Å². The summed E-state index contributed by atoms with van der Waals surface area (Å²) in [6.45, 7) is 2.24. The number of carbonyl (C=O) groups is 3. The number of anilines is 1. The van der Waals surface area contributed by atoms with Gasteiger partial charge in [-0.1, -0.05) is 6.07 Å². The average molecular weight is 396 g/mol. The lowest BCUT2D eigenvalue weighted by molar-refractivity contribution is -0.128. The second-order valence-electron chi connectivity index (χ2n) is 6.99. The molecule has 1 unspecified atom stereocenters. The molecule has 1 aliphatic heterocycles. The van der Waals surface area contributed by atoms with Gasteiger partial charge in [-0.2, -0.15) is 0 Å². The van der Waals surface area contributed by atoms with E-state index in [1.54, 1.807) is 49.5 Å². The molecule has 1 atom stereocenters. The van der Waals surface area contributed by atoms with Crippen molar-refractivity contribution in [2.45, 2.75) is 19.9 Å². The fraction of sp³-hybridized carbons (Fsp3) is 0.318. The highest BCUT2D eigenvalue weighted by molar-refractivity contribution is 5.98. The van der Waals surface area contributed by atoms with Crippen molar-refractivity contribution >= 4 is 23.3 Å². The van der Waals surface area contributed by atoms with E-state index in [0.717, 1.165) is 5.56 Å². The van der Waals surface area contributed by atoms with Crippen LogP contribution in [0.5, 0.6) is 11.5 Å². The van der Waals surface area contributed by atoms with Gasteiger partial charge in [0.15, 0.2) is 17.3 Å². The lowest BCUT2D eigenvalue weighted by Crippen LogP contribution is -2.28. The van der Waals surface area contributed by atoms with Crippen LogP contribution in [0.3, 0.4) is 0 Å². The van der Waals surface area contributed by atoms with Crippen molar-refractivity contribution in [3.8, 4) is 11.5 Å². The van der Waals surface area contributed by atoms with Gasteiger partial charge >= 0.3 is 0 Å². The molecule has 2 aromatic rings. The van der Waals surface area contributed by atoms with E-state index in [0.29, 0.717) is 35.8 Å². The van der Waals surface area contributed by atoms with Crippen molar-refractivity contribution < 1.29 is 23.9 Å². The summed E-state index contributed by atoms with van der Waals surface area (Å²) in [6.07, 6.45) is 0.171. The van der Waals surface area contributed by atoms with Crippen LogP contribution in [0.15, 0.2) is 42.5 Å². The fourth-order valence-corrected chi connectivity index (χ4v) is 3.33. The molecule has 1 N–H and O–H groups in total. The summed E-state index contributed by atoms with van der Waals surface area (Å²) < 4.78 is 10.5. The normalized spacial score (nSPS) is 15.9. The SMILES string of the molecule is COc1ccc(CN2CC(C(=O)Nc3ccc(C(C)=O)cc3)CC2=O)cc1OC. The van der Waals surface area contributed by atoms with Crippen LogP contribution in [0.4, 0.5) is 5.69 Å². The Kier molecular flexibility index (Phi) is 6.16.